The first kappa shape index (κ1) is 13.5. The fourth-order valence-electron chi connectivity index (χ4n) is 2.50. The van der Waals surface area contributed by atoms with Gasteiger partial charge in [-0.25, -0.2) is 9.53 Å². The lowest BCUT2D eigenvalue weighted by molar-refractivity contribution is -0.170. The van der Waals surface area contributed by atoms with Gasteiger partial charge in [-0.3, -0.25) is 9.59 Å². The Kier molecular flexibility index (Phi) is 3.50. The summed E-state index contributed by atoms with van der Waals surface area (Å²) in [7, 11) is 0. The van der Waals surface area contributed by atoms with Crippen LogP contribution in [0.1, 0.15) is 26.7 Å². The van der Waals surface area contributed by atoms with Crippen molar-refractivity contribution in [3.8, 4) is 0 Å². The van der Waals surface area contributed by atoms with Gasteiger partial charge in [0.25, 0.3) is 0 Å². The van der Waals surface area contributed by atoms with Gasteiger partial charge in [0.1, 0.15) is 5.92 Å². The fourth-order valence-corrected chi connectivity index (χ4v) is 2.50. The van der Waals surface area contributed by atoms with E-state index in [1.54, 1.807) is 13.0 Å². The fraction of sp³-hybridized carbons (Fsp3) is 0.538. The molecule has 0 radical (unpaired) electrons. The average molecular weight is 267 g/mol. The molecule has 0 aromatic carbocycles. The number of fused-ring (bicyclic) bond motifs is 2. The van der Waals surface area contributed by atoms with Crippen LogP contribution in [0.3, 0.4) is 0 Å². The van der Waals surface area contributed by atoms with Gasteiger partial charge in [-0.15, -0.1) is 0 Å². The van der Waals surface area contributed by atoms with Crippen molar-refractivity contribution < 1.29 is 28.7 Å². The van der Waals surface area contributed by atoms with Gasteiger partial charge in [0.05, 0.1) is 18.8 Å². The summed E-state index contributed by atoms with van der Waals surface area (Å²) >= 11 is 0. The van der Waals surface area contributed by atoms with Crippen molar-refractivity contribution in [3.05, 3.63) is 11.6 Å². The lowest BCUT2D eigenvalue weighted by atomic mass is 9.87. The third-order valence-corrected chi connectivity index (χ3v) is 3.46. The minimum Gasteiger partial charge on any atom is -0.392 e. The molecule has 1 fully saturated rings. The summed E-state index contributed by atoms with van der Waals surface area (Å²) < 4.78 is 9.35. The molecule has 102 valence electrons. The molecule has 1 saturated heterocycles. The Bertz CT molecular complexity index is 489. The predicted molar refractivity (Wildman–Crippen MR) is 63.3 cm³/mol. The van der Waals surface area contributed by atoms with Crippen molar-refractivity contribution in [2.45, 2.75) is 26.7 Å². The normalized spacial score (nSPS) is 30.0. The molecule has 0 aromatic rings. The van der Waals surface area contributed by atoms with Gasteiger partial charge in [0.2, 0.25) is 0 Å². The zero-order valence-corrected chi connectivity index (χ0v) is 10.7. The van der Waals surface area contributed by atoms with Gasteiger partial charge in [0.15, 0.2) is 0 Å². The van der Waals surface area contributed by atoms with E-state index in [1.807, 2.05) is 0 Å². The second kappa shape index (κ2) is 4.95. The van der Waals surface area contributed by atoms with E-state index in [0.29, 0.717) is 12.0 Å². The molecule has 2 aliphatic rings. The van der Waals surface area contributed by atoms with E-state index < -0.39 is 41.6 Å². The second-order valence-corrected chi connectivity index (χ2v) is 4.91. The van der Waals surface area contributed by atoms with Crippen LogP contribution in [0, 0.1) is 17.8 Å². The van der Waals surface area contributed by atoms with Crippen molar-refractivity contribution >= 4 is 23.9 Å². The Hall–Kier alpha value is -1.98. The number of ether oxygens (including phenoxy) is 2. The van der Waals surface area contributed by atoms with Crippen molar-refractivity contribution in [2.24, 2.45) is 17.8 Å². The van der Waals surface area contributed by atoms with E-state index in [4.69, 9.17) is 4.74 Å². The monoisotopic (exact) mass is 267 g/mol. The highest BCUT2D eigenvalue weighted by atomic mass is 16.6. The van der Waals surface area contributed by atoms with Crippen LogP contribution in [-0.2, 0) is 23.9 Å². The molecule has 3 atom stereocenters. The van der Waals surface area contributed by atoms with Gasteiger partial charge >= 0.3 is 23.9 Å². The first-order valence-corrected chi connectivity index (χ1v) is 6.06. The molecule has 1 aliphatic carbocycles. The Morgan fingerprint density at radius 3 is 2.68 bits per heavy atom. The van der Waals surface area contributed by atoms with Crippen molar-refractivity contribution in [3.63, 3.8) is 0 Å². The van der Waals surface area contributed by atoms with Crippen LogP contribution in [0.2, 0.25) is 0 Å². The third-order valence-electron chi connectivity index (χ3n) is 3.46. The molecule has 1 aliphatic heterocycles. The summed E-state index contributed by atoms with van der Waals surface area (Å²) in [6.45, 7) is 2.91. The van der Waals surface area contributed by atoms with Gasteiger partial charge in [-0.05, 0) is 19.8 Å². The number of hydrogen-bond donors (Lipinski definition) is 0. The molecular weight excluding hydrogens is 252 g/mol. The van der Waals surface area contributed by atoms with Crippen LogP contribution in [0.5, 0.6) is 0 Å². The summed E-state index contributed by atoms with van der Waals surface area (Å²) in [5.74, 6) is -3.73. The van der Waals surface area contributed by atoms with Crippen LogP contribution in [-0.4, -0.2) is 28.7 Å². The molecule has 2 unspecified atom stereocenters. The van der Waals surface area contributed by atoms with E-state index in [0.717, 1.165) is 0 Å². The van der Waals surface area contributed by atoms with Gasteiger partial charge in [-0.2, -0.15) is 0 Å². The maximum Gasteiger partial charge on any atom is 0.498 e. The molecular formula is C13H15O6+. The van der Waals surface area contributed by atoms with Crippen LogP contribution in [0.15, 0.2) is 11.6 Å². The molecule has 0 aromatic heterocycles. The van der Waals surface area contributed by atoms with Crippen LogP contribution >= 0.6 is 0 Å². The molecule has 2 bridgehead atoms. The molecule has 0 spiro atoms. The quantitative estimate of drug-likeness (QED) is 0.302. The molecule has 6 heteroatoms. The molecule has 0 saturated carbocycles. The second-order valence-electron chi connectivity index (χ2n) is 4.91. The molecule has 1 N–H and O–H groups in total. The van der Waals surface area contributed by atoms with Crippen molar-refractivity contribution in [1.82, 2.24) is 0 Å². The zero-order valence-electron chi connectivity index (χ0n) is 10.7. The lowest BCUT2D eigenvalue weighted by Gasteiger charge is -2.24. The first-order chi connectivity index (χ1) is 8.88. The van der Waals surface area contributed by atoms with Crippen LogP contribution in [0.4, 0.5) is 0 Å². The van der Waals surface area contributed by atoms with E-state index in [9.17, 15) is 19.2 Å². The molecule has 6 nitrogen and oxygen atoms in total. The van der Waals surface area contributed by atoms with E-state index in [-0.39, 0.29) is 6.42 Å². The zero-order chi connectivity index (χ0) is 14.2. The van der Waals surface area contributed by atoms with E-state index in [1.165, 1.54) is 6.92 Å². The predicted octanol–water partition coefficient (Wildman–Crippen LogP) is 0.724. The first-order valence-electron chi connectivity index (χ1n) is 6.06. The van der Waals surface area contributed by atoms with Gasteiger partial charge in [0, 0.05) is 0 Å². The highest BCUT2D eigenvalue weighted by molar-refractivity contribution is 5.94. The van der Waals surface area contributed by atoms with E-state index >= 15 is 0 Å². The highest BCUT2D eigenvalue weighted by Gasteiger charge is 2.44. The average Bonchev–Trinajstić information content (AvgIpc) is 2.44. The number of esters is 4. The molecule has 2 rings (SSSR count). The van der Waals surface area contributed by atoms with Gasteiger partial charge < -0.3 is 9.53 Å². The Labute approximate surface area is 109 Å². The molecule has 1 heterocycles. The van der Waals surface area contributed by atoms with Crippen molar-refractivity contribution in [2.75, 3.05) is 0 Å². The summed E-state index contributed by atoms with van der Waals surface area (Å²) in [6, 6.07) is 0. The topological polar surface area (TPSA) is 91.1 Å². The molecule has 19 heavy (non-hydrogen) atoms. The number of carbonyl (C=O) groups is 3. The largest absolute Gasteiger partial charge is 0.498 e. The summed E-state index contributed by atoms with van der Waals surface area (Å²) in [6.07, 6.45) is 2.30. The third kappa shape index (κ3) is 2.72. The summed E-state index contributed by atoms with van der Waals surface area (Å²) in [5, 5.41) is 0. The van der Waals surface area contributed by atoms with Gasteiger partial charge in [-0.1, -0.05) is 11.6 Å². The van der Waals surface area contributed by atoms with E-state index in [2.05, 4.69) is 4.74 Å². The highest BCUT2D eigenvalue weighted by Crippen LogP contribution is 2.36. The van der Waals surface area contributed by atoms with Crippen LogP contribution < -0.4 is 0 Å². The number of rotatable bonds is 1. The maximum atomic E-state index is 11.6. The maximum absolute atomic E-state index is 11.6. The number of hydrogen-bond acceptors (Lipinski definition) is 5. The Balaban J connectivity index is 2.25. The van der Waals surface area contributed by atoms with Crippen LogP contribution in [0.25, 0.3) is 0 Å². The summed E-state index contributed by atoms with van der Waals surface area (Å²) in [4.78, 5) is 43.8. The Morgan fingerprint density at radius 1 is 1.37 bits per heavy atom. The molecule has 0 amide bonds. The summed E-state index contributed by atoms with van der Waals surface area (Å²) in [5.41, 5.74) is 0.712. The van der Waals surface area contributed by atoms with Crippen molar-refractivity contribution in [1.29, 1.82) is 0 Å². The standard InChI is InChI=1S/C13H14O6/c1-6-3-8(11(15)18-7(2)14)4-9-5-10(6)13(17)19-12(9)16/h3,8-10H,4-5H2,1-2H3/p+1/t8-,9?,10?/m0/s1. The number of cyclic esters (lactones) is 2. The smallest absolute Gasteiger partial charge is 0.392 e. The SMILES string of the molecule is CC(=O)OC(=[OH+])[C@H]1C=C(C)C2CC(C1)C(=O)OC2=O. The minimum absolute atomic E-state index is 0.263. The lowest BCUT2D eigenvalue weighted by Crippen LogP contribution is -2.35. The number of carbonyl (C=O) groups excluding carboxylic acids is 4. The Morgan fingerprint density at radius 2 is 2.05 bits per heavy atom. The minimum atomic E-state index is -0.630.